The van der Waals surface area contributed by atoms with E-state index in [1.165, 1.54) is 11.3 Å². The number of nitrogens with one attached hydrogen (secondary N) is 1. The first-order chi connectivity index (χ1) is 10.1. The van der Waals surface area contributed by atoms with Gasteiger partial charge in [-0.3, -0.25) is 4.79 Å². The third-order valence-corrected chi connectivity index (χ3v) is 4.13. The zero-order valence-corrected chi connectivity index (χ0v) is 12.5. The molecule has 2 heterocycles. The maximum Gasteiger partial charge on any atom is 0.277 e. The van der Waals surface area contributed by atoms with Gasteiger partial charge in [-0.1, -0.05) is 0 Å². The van der Waals surface area contributed by atoms with E-state index in [2.05, 4.69) is 9.98 Å². The molecule has 0 aliphatic carbocycles. The van der Waals surface area contributed by atoms with Crippen LogP contribution in [-0.4, -0.2) is 23.1 Å². The Bertz CT molecular complexity index is 938. The fraction of sp³-hybridized carbons (Fsp3) is 0.0714. The van der Waals surface area contributed by atoms with E-state index in [1.54, 1.807) is 37.5 Å². The van der Waals surface area contributed by atoms with Gasteiger partial charge in [-0.05, 0) is 42.6 Å². The van der Waals surface area contributed by atoms with Crippen molar-refractivity contribution in [3.05, 3.63) is 43.2 Å². The predicted octanol–water partition coefficient (Wildman–Crippen LogP) is 1.54. The van der Waals surface area contributed by atoms with Gasteiger partial charge in [0, 0.05) is 10.8 Å². The molecule has 0 spiro atoms. The third-order valence-electron chi connectivity index (χ3n) is 2.96. The molecule has 106 valence electrons. The highest BCUT2D eigenvalue weighted by Crippen LogP contribution is 2.25. The van der Waals surface area contributed by atoms with E-state index >= 15 is 0 Å². The number of fused-ring (bicyclic) bond motifs is 1. The van der Waals surface area contributed by atoms with Crippen LogP contribution in [0.2, 0.25) is 0 Å². The third kappa shape index (κ3) is 2.65. The fourth-order valence-corrected chi connectivity index (χ4v) is 3.00. The second kappa shape index (κ2) is 5.27. The van der Waals surface area contributed by atoms with Crippen molar-refractivity contribution in [1.82, 2.24) is 4.98 Å². The van der Waals surface area contributed by atoms with E-state index in [4.69, 9.17) is 17.0 Å². The van der Waals surface area contributed by atoms with E-state index < -0.39 is 0 Å². The zero-order chi connectivity index (χ0) is 15.0. The van der Waals surface area contributed by atoms with Gasteiger partial charge < -0.3 is 14.8 Å². The molecule has 0 fully saturated rings. The maximum atomic E-state index is 12.0. The number of H-pyrrole nitrogens is 1. The molecule has 2 N–H and O–H groups in total. The standard InChI is InChI=1S/C14H10N2O3S2/c1-19-9-2-3-10-7(5-9)4-8(12(17)15-10)6-11-13(18)16-14(20)21-11/h2-6,18H,1H3,(H,16,20)/b8-6+. The molecule has 1 aromatic carbocycles. The van der Waals surface area contributed by atoms with Crippen LogP contribution in [0, 0.1) is 3.95 Å². The van der Waals surface area contributed by atoms with Gasteiger partial charge >= 0.3 is 0 Å². The van der Waals surface area contributed by atoms with Crippen LogP contribution in [-0.2, 0) is 4.79 Å². The van der Waals surface area contributed by atoms with Crippen LogP contribution < -0.4 is 15.3 Å². The minimum Gasteiger partial charge on any atom is -0.497 e. The summed E-state index contributed by atoms with van der Waals surface area (Å²) < 4.78 is 5.61. The number of hydrogen-bond acceptors (Lipinski definition) is 5. The van der Waals surface area contributed by atoms with Crippen LogP contribution >= 0.6 is 23.6 Å². The number of aromatic nitrogens is 1. The minimum absolute atomic E-state index is 0.0462. The average molecular weight is 318 g/mol. The summed E-state index contributed by atoms with van der Waals surface area (Å²) >= 11 is 6.15. The predicted molar refractivity (Wildman–Crippen MR) is 82.4 cm³/mol. The van der Waals surface area contributed by atoms with E-state index in [-0.39, 0.29) is 11.8 Å². The van der Waals surface area contributed by atoms with Gasteiger partial charge in [0.1, 0.15) is 5.75 Å². The summed E-state index contributed by atoms with van der Waals surface area (Å²) in [5.74, 6) is 0.288. The lowest BCUT2D eigenvalue weighted by molar-refractivity contribution is -0.114. The number of ether oxygens (including phenoxy) is 1. The number of nitrogens with zero attached hydrogens (tertiary/aromatic N) is 1. The van der Waals surface area contributed by atoms with E-state index in [0.717, 1.165) is 5.22 Å². The van der Waals surface area contributed by atoms with Gasteiger partial charge in [-0.25, -0.2) is 4.99 Å². The van der Waals surface area contributed by atoms with Crippen molar-refractivity contribution >= 4 is 41.6 Å². The highest BCUT2D eigenvalue weighted by atomic mass is 32.1. The van der Waals surface area contributed by atoms with E-state index in [0.29, 0.717) is 25.5 Å². The number of aromatic hydroxyl groups is 1. The number of thiazole rings is 1. The van der Waals surface area contributed by atoms with Crippen LogP contribution in [0.3, 0.4) is 0 Å². The largest absolute Gasteiger partial charge is 0.497 e. The van der Waals surface area contributed by atoms with Crippen molar-refractivity contribution in [1.29, 1.82) is 0 Å². The smallest absolute Gasteiger partial charge is 0.277 e. The average Bonchev–Trinajstić information content (AvgIpc) is 2.77. The van der Waals surface area contributed by atoms with Crippen LogP contribution in [0.5, 0.6) is 11.6 Å². The lowest BCUT2D eigenvalue weighted by Crippen LogP contribution is -2.30. The van der Waals surface area contributed by atoms with Gasteiger partial charge in [-0.2, -0.15) is 0 Å². The Hall–Kier alpha value is -2.25. The number of amides is 1. The molecule has 0 radical (unpaired) electrons. The van der Waals surface area contributed by atoms with Crippen molar-refractivity contribution in [3.63, 3.8) is 0 Å². The van der Waals surface area contributed by atoms with Crippen LogP contribution in [0.25, 0.3) is 12.2 Å². The molecule has 0 bridgehead atoms. The molecule has 1 amide bonds. The van der Waals surface area contributed by atoms with E-state index in [1.807, 2.05) is 0 Å². The summed E-state index contributed by atoms with van der Waals surface area (Å²) in [6, 6.07) is 5.29. The quantitative estimate of drug-likeness (QED) is 0.651. The Morgan fingerprint density at radius 1 is 1.48 bits per heavy atom. The molecular weight excluding hydrogens is 308 g/mol. The minimum atomic E-state index is -0.355. The van der Waals surface area contributed by atoms with Crippen LogP contribution in [0.4, 0.5) is 0 Å². The number of benzene rings is 1. The van der Waals surface area contributed by atoms with Gasteiger partial charge in [0.2, 0.25) is 5.88 Å². The molecule has 0 saturated heterocycles. The SMILES string of the molecule is COc1ccc2c(c1)=C/C(=C\c1sc(=S)[nH]c1O)C(=O)N=2. The summed E-state index contributed by atoms with van der Waals surface area (Å²) in [6.07, 6.45) is 3.29. The first-order valence-electron chi connectivity index (χ1n) is 5.99. The van der Waals surface area contributed by atoms with Crippen molar-refractivity contribution in [3.8, 4) is 11.6 Å². The fourth-order valence-electron chi connectivity index (χ4n) is 1.95. The highest BCUT2D eigenvalue weighted by molar-refractivity contribution is 7.73. The van der Waals surface area contributed by atoms with Crippen molar-refractivity contribution in [2.24, 2.45) is 4.99 Å². The number of carbonyl (C=O) groups is 1. The molecule has 0 saturated carbocycles. The topological polar surface area (TPSA) is 74.7 Å². The van der Waals surface area contributed by atoms with Crippen LogP contribution in [0.15, 0.2) is 28.8 Å². The van der Waals surface area contributed by atoms with Crippen molar-refractivity contribution in [2.45, 2.75) is 0 Å². The Morgan fingerprint density at radius 3 is 2.95 bits per heavy atom. The number of hydrogen-bond donors (Lipinski definition) is 2. The lowest BCUT2D eigenvalue weighted by Gasteiger charge is -2.04. The summed E-state index contributed by atoms with van der Waals surface area (Å²) in [7, 11) is 1.58. The van der Waals surface area contributed by atoms with Crippen molar-refractivity contribution in [2.75, 3.05) is 7.11 Å². The first kappa shape index (κ1) is 13.7. The van der Waals surface area contributed by atoms with Crippen molar-refractivity contribution < 1.29 is 14.6 Å². The van der Waals surface area contributed by atoms with Gasteiger partial charge in [0.05, 0.1) is 17.3 Å². The second-order valence-electron chi connectivity index (χ2n) is 4.31. The maximum absolute atomic E-state index is 12.0. The Balaban J connectivity index is 2.16. The summed E-state index contributed by atoms with van der Waals surface area (Å²) in [4.78, 5) is 19.2. The summed E-state index contributed by atoms with van der Waals surface area (Å²) in [5.41, 5.74) is 0.385. The molecule has 5 nitrogen and oxygen atoms in total. The molecule has 0 atom stereocenters. The summed E-state index contributed by atoms with van der Waals surface area (Å²) in [5, 5.41) is 11.1. The molecule has 3 rings (SSSR count). The number of methoxy groups -OCH3 is 1. The highest BCUT2D eigenvalue weighted by Gasteiger charge is 2.13. The molecule has 1 aromatic heterocycles. The second-order valence-corrected chi connectivity index (χ2v) is 6.03. The Kier molecular flexibility index (Phi) is 3.44. The zero-order valence-electron chi connectivity index (χ0n) is 10.9. The Labute approximate surface area is 128 Å². The number of carbonyl (C=O) groups excluding carboxylic acids is 1. The Morgan fingerprint density at radius 2 is 2.29 bits per heavy atom. The van der Waals surface area contributed by atoms with Gasteiger partial charge in [0.15, 0.2) is 3.95 Å². The van der Waals surface area contributed by atoms with Gasteiger partial charge in [0.25, 0.3) is 5.91 Å². The van der Waals surface area contributed by atoms with E-state index in [9.17, 15) is 9.90 Å². The molecule has 1 aliphatic rings. The number of aromatic amines is 1. The lowest BCUT2D eigenvalue weighted by atomic mass is 10.1. The molecule has 0 unspecified atom stereocenters. The monoisotopic (exact) mass is 318 g/mol. The van der Waals surface area contributed by atoms with Crippen LogP contribution in [0.1, 0.15) is 4.88 Å². The molecule has 1 aliphatic heterocycles. The molecular formula is C14H10N2O3S2. The molecule has 7 heteroatoms. The molecule has 2 aromatic rings. The normalized spacial score (nSPS) is 15.3. The molecule has 21 heavy (non-hydrogen) atoms. The first-order valence-corrected chi connectivity index (χ1v) is 7.22. The van der Waals surface area contributed by atoms with Gasteiger partial charge in [-0.15, -0.1) is 11.3 Å². The summed E-state index contributed by atoms with van der Waals surface area (Å²) in [6.45, 7) is 0. The number of rotatable bonds is 2.